The van der Waals surface area contributed by atoms with Crippen LogP contribution in [-0.4, -0.2) is 37.1 Å². The summed E-state index contributed by atoms with van der Waals surface area (Å²) in [6.45, 7) is 6.68. The largest absolute Gasteiger partial charge is 0.421 e. The van der Waals surface area contributed by atoms with Gasteiger partial charge in [-0.05, 0) is 92.3 Å². The molecule has 0 spiro atoms. The van der Waals surface area contributed by atoms with Crippen LogP contribution in [0.2, 0.25) is 0 Å². The number of alkyl halides is 3. The molecule has 3 N–H and O–H groups in total. The van der Waals surface area contributed by atoms with Crippen molar-refractivity contribution >= 4 is 21.5 Å². The highest BCUT2D eigenvalue weighted by Crippen LogP contribution is 2.50. The van der Waals surface area contributed by atoms with Crippen molar-refractivity contribution < 1.29 is 35.9 Å². The average molecular weight is 585 g/mol. The Kier molecular flexibility index (Phi) is 7.69. The lowest BCUT2D eigenvalue weighted by Crippen LogP contribution is -2.48. The highest BCUT2D eigenvalue weighted by Gasteiger charge is 2.52. The fourth-order valence-corrected chi connectivity index (χ4v) is 7.65. The van der Waals surface area contributed by atoms with Gasteiger partial charge >= 0.3 is 6.18 Å². The summed E-state index contributed by atoms with van der Waals surface area (Å²) < 4.78 is 83.0. The van der Waals surface area contributed by atoms with Crippen LogP contribution in [0.1, 0.15) is 70.9 Å². The van der Waals surface area contributed by atoms with Crippen molar-refractivity contribution in [2.24, 2.45) is 17.1 Å². The van der Waals surface area contributed by atoms with Crippen molar-refractivity contribution in [2.45, 2.75) is 94.5 Å². The van der Waals surface area contributed by atoms with E-state index in [9.17, 15) is 35.9 Å². The molecule has 2 aromatic carbocycles. The zero-order valence-electron chi connectivity index (χ0n) is 23.1. The molecule has 1 fully saturated rings. The Morgan fingerprint density at radius 3 is 2.25 bits per heavy atom. The lowest BCUT2D eigenvalue weighted by molar-refractivity contribution is -0.258. The van der Waals surface area contributed by atoms with Crippen molar-refractivity contribution in [1.29, 1.82) is 0 Å². The van der Waals surface area contributed by atoms with Gasteiger partial charge in [0.15, 0.2) is 5.60 Å². The number of rotatable bonds is 7. The van der Waals surface area contributed by atoms with Gasteiger partial charge in [0.2, 0.25) is 0 Å². The first-order chi connectivity index (χ1) is 18.3. The van der Waals surface area contributed by atoms with Gasteiger partial charge in [-0.2, -0.15) is 13.2 Å². The minimum atomic E-state index is -4.95. The number of carbonyl (C=O) groups is 1. The van der Waals surface area contributed by atoms with Crippen LogP contribution in [0.4, 0.5) is 23.2 Å². The number of ketones is 1. The molecule has 0 radical (unpaired) electrons. The summed E-state index contributed by atoms with van der Waals surface area (Å²) in [6, 6.07) is 6.90. The summed E-state index contributed by atoms with van der Waals surface area (Å²) in [4.78, 5) is 13.2. The second-order valence-electron chi connectivity index (χ2n) is 12.2. The molecule has 40 heavy (non-hydrogen) atoms. The summed E-state index contributed by atoms with van der Waals surface area (Å²) >= 11 is 0. The number of carbonyl (C=O) groups excluding carboxylic acids is 1. The predicted octanol–water partition coefficient (Wildman–Crippen LogP) is 5.61. The highest BCUT2D eigenvalue weighted by molar-refractivity contribution is 7.92. The quantitative estimate of drug-likeness (QED) is 0.412. The van der Waals surface area contributed by atoms with E-state index in [1.807, 2.05) is 20.8 Å². The number of benzene rings is 2. The maximum atomic E-state index is 13.9. The van der Waals surface area contributed by atoms with Gasteiger partial charge in [-0.3, -0.25) is 9.10 Å². The molecule has 6 nitrogen and oxygen atoms in total. The van der Waals surface area contributed by atoms with Crippen molar-refractivity contribution in [2.75, 3.05) is 4.31 Å². The maximum Gasteiger partial charge on any atom is 0.421 e. The zero-order valence-corrected chi connectivity index (χ0v) is 23.9. The second-order valence-corrected chi connectivity index (χ2v) is 14.0. The van der Waals surface area contributed by atoms with E-state index >= 15 is 0 Å². The van der Waals surface area contributed by atoms with Gasteiger partial charge in [-0.25, -0.2) is 12.8 Å². The second kappa shape index (κ2) is 10.1. The molecule has 1 aliphatic heterocycles. The minimum Gasteiger partial charge on any atom is -0.376 e. The van der Waals surface area contributed by atoms with E-state index < -0.39 is 44.8 Å². The summed E-state index contributed by atoms with van der Waals surface area (Å²) in [5.74, 6) is -0.727. The number of sulfonamides is 1. The molecule has 4 atom stereocenters. The maximum absolute atomic E-state index is 13.9. The number of aliphatic hydroxyl groups is 1. The van der Waals surface area contributed by atoms with Crippen molar-refractivity contribution in [3.8, 4) is 0 Å². The van der Waals surface area contributed by atoms with Crippen LogP contribution in [0.5, 0.6) is 0 Å². The van der Waals surface area contributed by atoms with E-state index in [-0.39, 0.29) is 53.4 Å². The number of halogens is 4. The van der Waals surface area contributed by atoms with Crippen molar-refractivity contribution in [3.63, 3.8) is 0 Å². The smallest absolute Gasteiger partial charge is 0.376 e. The van der Waals surface area contributed by atoms with Gasteiger partial charge in [-0.1, -0.05) is 26.0 Å². The van der Waals surface area contributed by atoms with Crippen LogP contribution in [-0.2, 0) is 26.8 Å². The van der Waals surface area contributed by atoms with E-state index in [4.69, 9.17) is 5.73 Å². The first kappa shape index (κ1) is 30.5. The zero-order chi connectivity index (χ0) is 29.9. The van der Waals surface area contributed by atoms with Gasteiger partial charge in [0.05, 0.1) is 16.6 Å². The lowest BCUT2D eigenvalue weighted by Gasteiger charge is -2.40. The van der Waals surface area contributed by atoms with Crippen LogP contribution in [0, 0.1) is 17.2 Å². The number of anilines is 1. The van der Waals surface area contributed by atoms with Gasteiger partial charge in [-0.15, -0.1) is 0 Å². The molecule has 2 aliphatic rings. The summed E-state index contributed by atoms with van der Waals surface area (Å²) in [7, 11) is -4.32. The number of hydrogen-bond donors (Lipinski definition) is 2. The van der Waals surface area contributed by atoms with Crippen molar-refractivity contribution in [1.82, 2.24) is 0 Å². The number of hydrogen-bond acceptors (Lipinski definition) is 5. The monoisotopic (exact) mass is 584 g/mol. The van der Waals surface area contributed by atoms with E-state index in [1.54, 1.807) is 0 Å². The van der Waals surface area contributed by atoms with Gasteiger partial charge in [0, 0.05) is 18.4 Å². The van der Waals surface area contributed by atoms with E-state index in [0.717, 1.165) is 53.5 Å². The SMILES string of the molecule is CC(O)(c1ccc2c(c1)CC[C@@H](CC(=O)C[C@H]1CC[C@@](C)(N)C1(C)C)N2S(=O)(=O)c1ccc(F)cc1)C(F)(F)F. The third-order valence-corrected chi connectivity index (χ3v) is 11.2. The van der Waals surface area contributed by atoms with Crippen LogP contribution >= 0.6 is 0 Å². The fraction of sp³-hybridized carbons (Fsp3) is 0.552. The Morgan fingerprint density at radius 2 is 1.70 bits per heavy atom. The van der Waals surface area contributed by atoms with Crippen LogP contribution in [0.15, 0.2) is 47.4 Å². The summed E-state index contributed by atoms with van der Waals surface area (Å²) in [5, 5.41) is 10.2. The molecule has 1 heterocycles. The van der Waals surface area contributed by atoms with Crippen LogP contribution in [0.3, 0.4) is 0 Å². The standard InChI is InChI=1S/C29H36F4N2O4S/c1-26(2)19(13-14-27(26,3)34)16-23(36)17-22-9-5-18-15-20(28(4,37)29(31,32)33)6-12-25(18)35(22)40(38,39)24-10-7-21(30)8-11-24/h6-8,10-12,15,19,22,37H,5,9,13-14,16-17,34H2,1-4H3/t19-,22+,27-,28?/m1/s1. The van der Waals surface area contributed by atoms with E-state index in [1.165, 1.54) is 6.07 Å². The Balaban J connectivity index is 1.71. The molecule has 0 aromatic heterocycles. The number of fused-ring (bicyclic) bond motifs is 1. The molecule has 1 saturated carbocycles. The van der Waals surface area contributed by atoms with Crippen LogP contribution in [0.25, 0.3) is 0 Å². The highest BCUT2D eigenvalue weighted by atomic mass is 32.2. The molecule has 4 rings (SSSR count). The first-order valence-corrected chi connectivity index (χ1v) is 14.8. The molecule has 1 unspecified atom stereocenters. The predicted molar refractivity (Wildman–Crippen MR) is 144 cm³/mol. The van der Waals surface area contributed by atoms with Gasteiger partial charge in [0.25, 0.3) is 10.0 Å². The first-order valence-electron chi connectivity index (χ1n) is 13.3. The molecule has 2 aromatic rings. The van der Waals surface area contributed by atoms with E-state index in [0.29, 0.717) is 12.5 Å². The fourth-order valence-electron chi connectivity index (χ4n) is 5.94. The molecule has 0 saturated heterocycles. The van der Waals surface area contributed by atoms with Gasteiger partial charge < -0.3 is 10.8 Å². The number of Topliss-reactive ketones (excluding diaryl/α,β-unsaturated/α-hetero) is 1. The molecule has 220 valence electrons. The molecular weight excluding hydrogens is 548 g/mol. The summed E-state index contributed by atoms with van der Waals surface area (Å²) in [5.41, 5.74) is 2.61. The topological polar surface area (TPSA) is 101 Å². The molecular formula is C29H36F4N2O4S. The Hall–Kier alpha value is -2.50. The normalized spacial score (nSPS) is 26.3. The molecule has 1 aliphatic carbocycles. The summed E-state index contributed by atoms with van der Waals surface area (Å²) in [6.07, 6.45) is -2.86. The van der Waals surface area contributed by atoms with Crippen LogP contribution < -0.4 is 10.0 Å². The van der Waals surface area contributed by atoms with Crippen molar-refractivity contribution in [3.05, 3.63) is 59.4 Å². The van der Waals surface area contributed by atoms with E-state index in [2.05, 4.69) is 0 Å². The molecule has 11 heteroatoms. The third-order valence-electron chi connectivity index (χ3n) is 9.32. The average Bonchev–Trinajstić information content (AvgIpc) is 3.04. The molecule has 0 bridgehead atoms. The molecule has 0 amide bonds. The number of nitrogens with zero attached hydrogens (tertiary/aromatic N) is 1. The lowest BCUT2D eigenvalue weighted by atomic mass is 9.70. The Morgan fingerprint density at radius 1 is 1.07 bits per heavy atom. The number of aryl methyl sites for hydroxylation is 1. The minimum absolute atomic E-state index is 0.0280. The number of nitrogens with two attached hydrogens (primary N) is 1. The third kappa shape index (κ3) is 5.27. The Labute approximate surface area is 232 Å². The van der Waals surface area contributed by atoms with Gasteiger partial charge in [0.1, 0.15) is 11.6 Å². The Bertz CT molecular complexity index is 1390.